The Kier molecular flexibility index (Phi) is 8.44. The highest BCUT2D eigenvalue weighted by Gasteiger charge is 2.17. The van der Waals surface area contributed by atoms with Crippen LogP contribution in [0.3, 0.4) is 0 Å². The number of aryl methyl sites for hydroxylation is 1. The van der Waals surface area contributed by atoms with Crippen LogP contribution < -0.4 is 10.1 Å². The molecule has 1 aromatic heterocycles. The lowest BCUT2D eigenvalue weighted by atomic mass is 10.0. The van der Waals surface area contributed by atoms with Gasteiger partial charge in [-0.1, -0.05) is 72.8 Å². The zero-order valence-electron chi connectivity index (χ0n) is 22.1. The van der Waals surface area contributed by atoms with E-state index in [0.717, 1.165) is 53.1 Å². The third-order valence-electron chi connectivity index (χ3n) is 6.60. The summed E-state index contributed by atoms with van der Waals surface area (Å²) in [5.74, 6) is 0.693. The van der Waals surface area contributed by atoms with Crippen molar-refractivity contribution < 1.29 is 9.53 Å². The van der Waals surface area contributed by atoms with Crippen LogP contribution in [-0.2, 0) is 13.0 Å². The van der Waals surface area contributed by atoms with Gasteiger partial charge in [0.2, 0.25) is 0 Å². The van der Waals surface area contributed by atoms with Gasteiger partial charge < -0.3 is 10.1 Å². The third kappa shape index (κ3) is 6.79. The maximum Gasteiger partial charge on any atom is 0.251 e. The highest BCUT2D eigenvalue weighted by atomic mass is 16.5. The van der Waals surface area contributed by atoms with Crippen LogP contribution in [-0.4, -0.2) is 34.6 Å². The molecule has 5 rings (SSSR count). The number of hydrogen-bond donors (Lipinski definition) is 1. The van der Waals surface area contributed by atoms with E-state index in [2.05, 4.69) is 41.7 Å². The van der Waals surface area contributed by atoms with Crippen LogP contribution in [0, 0.1) is 0 Å². The molecule has 0 saturated carbocycles. The quantitative estimate of drug-likeness (QED) is 0.206. The van der Waals surface area contributed by atoms with Crippen LogP contribution >= 0.6 is 0 Å². The SMILES string of the molecule is COc1ccc(-c2nn(Cc3ccccc3)nc2-c2cccc(C(=O)NCCCCc3ccccc3)c2)cc1. The topological polar surface area (TPSA) is 69.0 Å². The van der Waals surface area contributed by atoms with Gasteiger partial charge in [0.05, 0.1) is 13.7 Å². The Morgan fingerprint density at radius 3 is 2.10 bits per heavy atom. The first kappa shape index (κ1) is 25.9. The van der Waals surface area contributed by atoms with E-state index >= 15 is 0 Å². The largest absolute Gasteiger partial charge is 0.497 e. The molecular formula is C33H32N4O2. The number of methoxy groups -OCH3 is 1. The molecule has 0 unspecified atom stereocenters. The van der Waals surface area contributed by atoms with Crippen molar-refractivity contribution in [3.8, 4) is 28.3 Å². The van der Waals surface area contributed by atoms with Crippen LogP contribution in [0.2, 0.25) is 0 Å². The number of hydrogen-bond acceptors (Lipinski definition) is 4. The fourth-order valence-electron chi connectivity index (χ4n) is 4.51. The molecule has 5 aromatic rings. The maximum atomic E-state index is 13.0. The normalized spacial score (nSPS) is 10.8. The van der Waals surface area contributed by atoms with Crippen molar-refractivity contribution in [3.63, 3.8) is 0 Å². The molecule has 0 aliphatic carbocycles. The van der Waals surface area contributed by atoms with Crippen molar-refractivity contribution in [2.24, 2.45) is 0 Å². The molecule has 196 valence electrons. The first-order chi connectivity index (χ1) is 19.2. The number of carbonyl (C=O) groups excluding carboxylic acids is 1. The summed E-state index contributed by atoms with van der Waals surface area (Å²) in [5, 5.41) is 12.8. The van der Waals surface area contributed by atoms with Gasteiger partial charge in [-0.15, -0.1) is 0 Å². The number of rotatable bonds is 11. The van der Waals surface area contributed by atoms with Gasteiger partial charge in [-0.25, -0.2) is 0 Å². The minimum Gasteiger partial charge on any atom is -0.497 e. The van der Waals surface area contributed by atoms with E-state index in [0.29, 0.717) is 18.7 Å². The van der Waals surface area contributed by atoms with Crippen molar-refractivity contribution in [1.82, 2.24) is 20.3 Å². The standard InChI is InChI=1S/C33H32N4O2/c1-39-30-20-18-27(19-21-30)31-32(36-37(35-31)24-26-14-6-3-7-15-26)28-16-10-17-29(23-28)33(38)34-22-9-8-13-25-11-4-2-5-12-25/h2-7,10-12,14-21,23H,8-9,13,22,24H2,1H3,(H,34,38). The highest BCUT2D eigenvalue weighted by Crippen LogP contribution is 2.31. The zero-order valence-corrected chi connectivity index (χ0v) is 22.1. The third-order valence-corrected chi connectivity index (χ3v) is 6.60. The molecule has 1 amide bonds. The second-order valence-electron chi connectivity index (χ2n) is 9.42. The van der Waals surface area contributed by atoms with Gasteiger partial charge >= 0.3 is 0 Å². The summed E-state index contributed by atoms with van der Waals surface area (Å²) in [5.41, 5.74) is 6.30. The lowest BCUT2D eigenvalue weighted by Crippen LogP contribution is -2.24. The van der Waals surface area contributed by atoms with E-state index in [4.69, 9.17) is 14.9 Å². The summed E-state index contributed by atoms with van der Waals surface area (Å²) in [6.45, 7) is 1.19. The molecule has 4 aromatic carbocycles. The fraction of sp³-hybridized carbons (Fsp3) is 0.182. The average molecular weight is 517 g/mol. The molecule has 0 atom stereocenters. The average Bonchev–Trinajstić information content (AvgIpc) is 3.41. The van der Waals surface area contributed by atoms with Crippen LogP contribution in [0.4, 0.5) is 0 Å². The summed E-state index contributed by atoms with van der Waals surface area (Å²) in [4.78, 5) is 14.7. The van der Waals surface area contributed by atoms with Gasteiger partial charge in [-0.3, -0.25) is 4.79 Å². The van der Waals surface area contributed by atoms with Gasteiger partial charge in [0.1, 0.15) is 17.1 Å². The Hall–Kier alpha value is -4.71. The molecular weight excluding hydrogens is 484 g/mol. The molecule has 0 saturated heterocycles. The lowest BCUT2D eigenvalue weighted by molar-refractivity contribution is 0.0953. The summed E-state index contributed by atoms with van der Waals surface area (Å²) >= 11 is 0. The molecule has 6 heteroatoms. The lowest BCUT2D eigenvalue weighted by Gasteiger charge is -2.07. The summed E-state index contributed by atoms with van der Waals surface area (Å²) in [7, 11) is 1.65. The van der Waals surface area contributed by atoms with Gasteiger partial charge in [-0.05, 0) is 66.8 Å². The second kappa shape index (κ2) is 12.7. The van der Waals surface area contributed by atoms with Crippen molar-refractivity contribution in [2.75, 3.05) is 13.7 Å². The molecule has 0 bridgehead atoms. The molecule has 0 aliphatic heterocycles. The summed E-state index contributed by atoms with van der Waals surface area (Å²) < 4.78 is 5.33. The number of nitrogens with zero attached hydrogens (tertiary/aromatic N) is 3. The van der Waals surface area contributed by atoms with Crippen molar-refractivity contribution >= 4 is 5.91 Å². The fourth-order valence-corrected chi connectivity index (χ4v) is 4.51. The van der Waals surface area contributed by atoms with Crippen LogP contribution in [0.5, 0.6) is 5.75 Å². The molecule has 39 heavy (non-hydrogen) atoms. The van der Waals surface area contributed by atoms with E-state index in [-0.39, 0.29) is 5.91 Å². The monoisotopic (exact) mass is 516 g/mol. The Bertz CT molecular complexity index is 1500. The Labute approximate surface area is 229 Å². The molecule has 0 aliphatic rings. The predicted octanol–water partition coefficient (Wildman–Crippen LogP) is 6.42. The molecule has 1 N–H and O–H groups in total. The summed E-state index contributed by atoms with van der Waals surface area (Å²) in [6.07, 6.45) is 2.97. The van der Waals surface area contributed by atoms with E-state index in [1.807, 2.05) is 72.8 Å². The minimum absolute atomic E-state index is 0.0840. The number of amides is 1. The summed E-state index contributed by atoms with van der Waals surface area (Å²) in [6, 6.07) is 35.9. The van der Waals surface area contributed by atoms with Crippen LogP contribution in [0.1, 0.15) is 34.3 Å². The zero-order chi connectivity index (χ0) is 26.9. The predicted molar refractivity (Wildman–Crippen MR) is 155 cm³/mol. The molecule has 0 fully saturated rings. The van der Waals surface area contributed by atoms with Crippen molar-refractivity contribution in [3.05, 3.63) is 126 Å². The van der Waals surface area contributed by atoms with E-state index in [9.17, 15) is 4.79 Å². The molecule has 6 nitrogen and oxygen atoms in total. The van der Waals surface area contributed by atoms with Gasteiger partial charge in [0.25, 0.3) is 5.91 Å². The van der Waals surface area contributed by atoms with Gasteiger partial charge in [0, 0.05) is 23.2 Å². The number of benzene rings is 4. The van der Waals surface area contributed by atoms with Crippen molar-refractivity contribution in [2.45, 2.75) is 25.8 Å². The number of aromatic nitrogens is 3. The minimum atomic E-state index is -0.0840. The van der Waals surface area contributed by atoms with Crippen molar-refractivity contribution in [1.29, 1.82) is 0 Å². The number of ether oxygens (including phenoxy) is 1. The van der Waals surface area contributed by atoms with E-state index in [1.54, 1.807) is 11.9 Å². The van der Waals surface area contributed by atoms with Gasteiger partial charge in [0.15, 0.2) is 0 Å². The molecule has 0 radical (unpaired) electrons. The van der Waals surface area contributed by atoms with E-state index in [1.165, 1.54) is 5.56 Å². The highest BCUT2D eigenvalue weighted by molar-refractivity contribution is 5.95. The smallest absolute Gasteiger partial charge is 0.251 e. The number of nitrogens with one attached hydrogen (secondary N) is 1. The number of carbonyl (C=O) groups is 1. The Morgan fingerprint density at radius 2 is 1.41 bits per heavy atom. The first-order valence-corrected chi connectivity index (χ1v) is 13.3. The van der Waals surface area contributed by atoms with E-state index < -0.39 is 0 Å². The Balaban J connectivity index is 1.33. The van der Waals surface area contributed by atoms with Gasteiger partial charge in [-0.2, -0.15) is 15.0 Å². The molecule has 1 heterocycles. The Morgan fingerprint density at radius 1 is 0.744 bits per heavy atom. The van der Waals surface area contributed by atoms with Crippen LogP contribution in [0.15, 0.2) is 109 Å². The molecule has 0 spiro atoms. The maximum absolute atomic E-state index is 13.0. The number of unbranched alkanes of at least 4 members (excludes halogenated alkanes) is 1. The van der Waals surface area contributed by atoms with Crippen LogP contribution in [0.25, 0.3) is 22.5 Å². The second-order valence-corrected chi connectivity index (χ2v) is 9.42. The first-order valence-electron chi connectivity index (χ1n) is 13.3.